The van der Waals surface area contributed by atoms with Crippen molar-refractivity contribution in [2.24, 2.45) is 5.92 Å². The summed E-state index contributed by atoms with van der Waals surface area (Å²) < 4.78 is 0.885. The number of nitrogen functional groups attached to an aromatic ring is 1. The number of carbonyl (C=O) groups excluding carboxylic acids is 1. The summed E-state index contributed by atoms with van der Waals surface area (Å²) in [6.45, 7) is 6.20. The van der Waals surface area contributed by atoms with Crippen molar-refractivity contribution in [1.29, 1.82) is 0 Å². The summed E-state index contributed by atoms with van der Waals surface area (Å²) in [6.07, 6.45) is 1.16. The number of halogens is 1. The number of nitrogens with two attached hydrogens (primary N) is 1. The fourth-order valence-corrected chi connectivity index (χ4v) is 2.82. The molecule has 104 valence electrons. The molecule has 1 amide bonds. The van der Waals surface area contributed by atoms with Gasteiger partial charge in [-0.2, -0.15) is 0 Å². The molecular formula is C14H20BrN3O. The first-order valence-corrected chi connectivity index (χ1v) is 7.45. The maximum Gasteiger partial charge on any atom is 0.253 e. The summed E-state index contributed by atoms with van der Waals surface area (Å²) in [6, 6.07) is 5.34. The van der Waals surface area contributed by atoms with E-state index in [0.29, 0.717) is 17.2 Å². The Morgan fingerprint density at radius 2 is 2.37 bits per heavy atom. The molecule has 0 bridgehead atoms. The zero-order chi connectivity index (χ0) is 13.8. The van der Waals surface area contributed by atoms with Gasteiger partial charge in [0.25, 0.3) is 5.91 Å². The molecule has 0 spiro atoms. The van der Waals surface area contributed by atoms with E-state index < -0.39 is 0 Å². The third-order valence-corrected chi connectivity index (χ3v) is 4.12. The average Bonchev–Trinajstić information content (AvgIpc) is 2.84. The van der Waals surface area contributed by atoms with Crippen LogP contribution < -0.4 is 11.1 Å². The first-order valence-electron chi connectivity index (χ1n) is 6.65. The highest BCUT2D eigenvalue weighted by Crippen LogP contribution is 2.19. The molecule has 1 aliphatic heterocycles. The number of hydrogen-bond acceptors (Lipinski definition) is 3. The average molecular weight is 326 g/mol. The van der Waals surface area contributed by atoms with Crippen molar-refractivity contribution in [2.45, 2.75) is 13.3 Å². The summed E-state index contributed by atoms with van der Waals surface area (Å²) in [5, 5.41) is 2.98. The van der Waals surface area contributed by atoms with E-state index >= 15 is 0 Å². The van der Waals surface area contributed by atoms with Gasteiger partial charge >= 0.3 is 0 Å². The lowest BCUT2D eigenvalue weighted by molar-refractivity contribution is 0.0948. The molecule has 19 heavy (non-hydrogen) atoms. The number of benzene rings is 1. The van der Waals surface area contributed by atoms with Gasteiger partial charge < -0.3 is 16.0 Å². The van der Waals surface area contributed by atoms with E-state index in [2.05, 4.69) is 33.1 Å². The number of likely N-dealkylation sites (tertiary alicyclic amines) is 1. The molecule has 3 N–H and O–H groups in total. The lowest BCUT2D eigenvalue weighted by Gasteiger charge is -2.14. The monoisotopic (exact) mass is 325 g/mol. The molecule has 0 saturated carbocycles. The van der Waals surface area contributed by atoms with Crippen LogP contribution in [-0.2, 0) is 0 Å². The van der Waals surface area contributed by atoms with Crippen molar-refractivity contribution >= 4 is 27.5 Å². The van der Waals surface area contributed by atoms with Crippen molar-refractivity contribution in [2.75, 3.05) is 31.9 Å². The van der Waals surface area contributed by atoms with Gasteiger partial charge in [0.05, 0.1) is 5.56 Å². The zero-order valence-corrected chi connectivity index (χ0v) is 12.7. The smallest absolute Gasteiger partial charge is 0.253 e. The molecule has 1 aromatic carbocycles. The standard InChI is InChI=1S/C14H20BrN3O/c1-2-18-6-5-10(9-18)8-17-14(19)12-4-3-11(15)7-13(12)16/h3-4,7,10H,2,5-6,8-9,16H2,1H3,(H,17,19). The van der Waals surface area contributed by atoms with Gasteiger partial charge in [-0.1, -0.05) is 22.9 Å². The molecule has 1 heterocycles. The van der Waals surface area contributed by atoms with E-state index in [-0.39, 0.29) is 5.91 Å². The Bertz CT molecular complexity index is 464. The normalized spacial score (nSPS) is 19.6. The Hall–Kier alpha value is -1.07. The molecule has 1 atom stereocenters. The lowest BCUT2D eigenvalue weighted by Crippen LogP contribution is -2.31. The van der Waals surface area contributed by atoms with Crippen LogP contribution in [0.4, 0.5) is 5.69 Å². The van der Waals surface area contributed by atoms with E-state index in [1.54, 1.807) is 12.1 Å². The van der Waals surface area contributed by atoms with E-state index in [0.717, 1.165) is 37.1 Å². The highest BCUT2D eigenvalue weighted by atomic mass is 79.9. The summed E-state index contributed by atoms with van der Waals surface area (Å²) in [7, 11) is 0. The van der Waals surface area contributed by atoms with Crippen LogP contribution in [0.5, 0.6) is 0 Å². The number of hydrogen-bond donors (Lipinski definition) is 2. The Morgan fingerprint density at radius 3 is 3.00 bits per heavy atom. The number of carbonyl (C=O) groups is 1. The second-order valence-electron chi connectivity index (χ2n) is 4.99. The number of rotatable bonds is 4. The number of nitrogens with one attached hydrogen (secondary N) is 1. The SMILES string of the molecule is CCN1CCC(CNC(=O)c2ccc(Br)cc2N)C1. The van der Waals surface area contributed by atoms with Crippen molar-refractivity contribution in [3.05, 3.63) is 28.2 Å². The third kappa shape index (κ3) is 3.70. The molecule has 4 nitrogen and oxygen atoms in total. The Morgan fingerprint density at radius 1 is 1.58 bits per heavy atom. The van der Waals surface area contributed by atoms with Crippen LogP contribution >= 0.6 is 15.9 Å². The minimum absolute atomic E-state index is 0.0834. The number of anilines is 1. The molecular weight excluding hydrogens is 306 g/mol. The maximum atomic E-state index is 12.1. The lowest BCUT2D eigenvalue weighted by atomic mass is 10.1. The molecule has 0 aliphatic carbocycles. The molecule has 0 aromatic heterocycles. The predicted octanol–water partition coefficient (Wildman–Crippen LogP) is 2.10. The van der Waals surface area contributed by atoms with Crippen LogP contribution in [0.15, 0.2) is 22.7 Å². The Kier molecular flexibility index (Phi) is 4.82. The van der Waals surface area contributed by atoms with E-state index in [4.69, 9.17) is 5.73 Å². The first-order chi connectivity index (χ1) is 9.10. The van der Waals surface area contributed by atoms with Gasteiger partial charge in [-0.05, 0) is 43.6 Å². The van der Waals surface area contributed by atoms with Crippen LogP contribution in [0.25, 0.3) is 0 Å². The summed E-state index contributed by atoms with van der Waals surface area (Å²) in [5.41, 5.74) is 6.91. The summed E-state index contributed by atoms with van der Waals surface area (Å²) in [5.74, 6) is 0.473. The van der Waals surface area contributed by atoms with Crippen LogP contribution in [0, 0.1) is 5.92 Å². The van der Waals surface area contributed by atoms with E-state index in [1.165, 1.54) is 0 Å². The van der Waals surface area contributed by atoms with Crippen LogP contribution in [0.1, 0.15) is 23.7 Å². The van der Waals surface area contributed by atoms with Crippen molar-refractivity contribution in [3.63, 3.8) is 0 Å². The molecule has 2 rings (SSSR count). The van der Waals surface area contributed by atoms with Gasteiger partial charge in [0, 0.05) is 23.2 Å². The van der Waals surface area contributed by atoms with Crippen molar-refractivity contribution < 1.29 is 4.79 Å². The molecule has 0 radical (unpaired) electrons. The predicted molar refractivity (Wildman–Crippen MR) is 81.1 cm³/mol. The maximum absolute atomic E-state index is 12.1. The highest BCUT2D eigenvalue weighted by molar-refractivity contribution is 9.10. The minimum atomic E-state index is -0.0834. The van der Waals surface area contributed by atoms with E-state index in [1.807, 2.05) is 6.07 Å². The molecule has 5 heteroatoms. The quantitative estimate of drug-likeness (QED) is 0.833. The van der Waals surface area contributed by atoms with Gasteiger partial charge in [0.2, 0.25) is 0 Å². The van der Waals surface area contributed by atoms with Gasteiger partial charge in [-0.15, -0.1) is 0 Å². The van der Waals surface area contributed by atoms with Crippen molar-refractivity contribution in [3.8, 4) is 0 Å². The second-order valence-corrected chi connectivity index (χ2v) is 5.91. The van der Waals surface area contributed by atoms with Gasteiger partial charge in [0.15, 0.2) is 0 Å². The largest absolute Gasteiger partial charge is 0.398 e. The zero-order valence-electron chi connectivity index (χ0n) is 11.2. The first kappa shape index (κ1) is 14.3. The molecule has 1 aliphatic rings. The highest BCUT2D eigenvalue weighted by Gasteiger charge is 2.21. The van der Waals surface area contributed by atoms with Crippen molar-refractivity contribution in [1.82, 2.24) is 10.2 Å². The fraction of sp³-hybridized carbons (Fsp3) is 0.500. The van der Waals surface area contributed by atoms with Gasteiger partial charge in [-0.25, -0.2) is 0 Å². The van der Waals surface area contributed by atoms with Gasteiger partial charge in [0.1, 0.15) is 0 Å². The minimum Gasteiger partial charge on any atom is -0.398 e. The molecule has 1 unspecified atom stereocenters. The molecule has 1 aromatic rings. The molecule has 1 fully saturated rings. The van der Waals surface area contributed by atoms with Crippen LogP contribution in [0.2, 0.25) is 0 Å². The number of amides is 1. The number of nitrogens with zero attached hydrogens (tertiary/aromatic N) is 1. The summed E-state index contributed by atoms with van der Waals surface area (Å²) in [4.78, 5) is 14.5. The van der Waals surface area contributed by atoms with Crippen LogP contribution in [-0.4, -0.2) is 37.0 Å². The Balaban J connectivity index is 1.88. The fourth-order valence-electron chi connectivity index (χ4n) is 2.44. The molecule has 1 saturated heterocycles. The Labute approximate surface area is 122 Å². The van der Waals surface area contributed by atoms with Gasteiger partial charge in [-0.3, -0.25) is 4.79 Å². The summed E-state index contributed by atoms with van der Waals surface area (Å²) >= 11 is 3.34. The van der Waals surface area contributed by atoms with E-state index in [9.17, 15) is 4.79 Å². The topological polar surface area (TPSA) is 58.4 Å². The third-order valence-electron chi connectivity index (χ3n) is 3.63. The van der Waals surface area contributed by atoms with Crippen LogP contribution in [0.3, 0.4) is 0 Å². The second kappa shape index (κ2) is 6.39.